The molecule has 0 fully saturated rings. The van der Waals surface area contributed by atoms with Crippen molar-refractivity contribution in [1.82, 2.24) is 9.78 Å². The lowest BCUT2D eigenvalue weighted by atomic mass is 10.2. The first-order valence-electron chi connectivity index (χ1n) is 4.18. The highest BCUT2D eigenvalue weighted by Crippen LogP contribution is 2.06. The molecule has 0 spiro atoms. The summed E-state index contributed by atoms with van der Waals surface area (Å²) in [6, 6.07) is 1.11. The van der Waals surface area contributed by atoms with Crippen LogP contribution < -0.4 is 11.5 Å². The molecule has 0 aliphatic carbocycles. The van der Waals surface area contributed by atoms with Gasteiger partial charge in [0.2, 0.25) is 0 Å². The first-order chi connectivity index (χ1) is 6.06. The zero-order valence-corrected chi connectivity index (χ0v) is 7.82. The Labute approximate surface area is 76.7 Å². The SMILES string of the molecule is CCC(N)C(=O)n1nc(C)cc1N. The average Bonchev–Trinajstić information content (AvgIpc) is 2.42. The summed E-state index contributed by atoms with van der Waals surface area (Å²) in [6.45, 7) is 3.62. The van der Waals surface area contributed by atoms with Gasteiger partial charge in [0.05, 0.1) is 11.7 Å². The summed E-state index contributed by atoms with van der Waals surface area (Å²) in [7, 11) is 0. The van der Waals surface area contributed by atoms with Crippen LogP contribution >= 0.6 is 0 Å². The molecule has 0 aliphatic rings. The highest BCUT2D eigenvalue weighted by molar-refractivity contribution is 5.85. The van der Waals surface area contributed by atoms with E-state index in [1.54, 1.807) is 13.0 Å². The van der Waals surface area contributed by atoms with E-state index in [1.807, 2.05) is 6.92 Å². The predicted molar refractivity (Wildman–Crippen MR) is 50.3 cm³/mol. The van der Waals surface area contributed by atoms with E-state index in [-0.39, 0.29) is 5.91 Å². The molecule has 0 saturated heterocycles. The third kappa shape index (κ3) is 1.86. The number of aryl methyl sites for hydroxylation is 1. The summed E-state index contributed by atoms with van der Waals surface area (Å²) < 4.78 is 1.16. The molecule has 1 atom stereocenters. The summed E-state index contributed by atoms with van der Waals surface area (Å²) in [5, 5.41) is 3.94. The molecule has 1 rings (SSSR count). The number of carbonyl (C=O) groups is 1. The summed E-state index contributed by atoms with van der Waals surface area (Å²) in [5.41, 5.74) is 11.8. The second-order valence-corrected chi connectivity index (χ2v) is 2.98. The molecule has 1 unspecified atom stereocenters. The molecule has 0 radical (unpaired) electrons. The molecule has 5 heteroatoms. The Bertz CT molecular complexity index is 318. The lowest BCUT2D eigenvalue weighted by Gasteiger charge is -2.07. The number of hydrogen-bond donors (Lipinski definition) is 2. The first-order valence-corrected chi connectivity index (χ1v) is 4.18. The van der Waals surface area contributed by atoms with Crippen molar-refractivity contribution in [2.45, 2.75) is 26.3 Å². The normalized spacial score (nSPS) is 12.8. The topological polar surface area (TPSA) is 86.9 Å². The summed E-state index contributed by atoms with van der Waals surface area (Å²) in [5.74, 6) is 0.0829. The van der Waals surface area contributed by atoms with Gasteiger partial charge >= 0.3 is 0 Å². The molecule has 0 bridgehead atoms. The molecule has 13 heavy (non-hydrogen) atoms. The van der Waals surface area contributed by atoms with Crippen LogP contribution in [0.4, 0.5) is 5.82 Å². The number of nitrogens with two attached hydrogens (primary N) is 2. The van der Waals surface area contributed by atoms with Gasteiger partial charge in [0.1, 0.15) is 5.82 Å². The van der Waals surface area contributed by atoms with Gasteiger partial charge < -0.3 is 11.5 Å². The van der Waals surface area contributed by atoms with Gasteiger partial charge in [0.25, 0.3) is 5.91 Å². The van der Waals surface area contributed by atoms with Crippen LogP contribution in [0, 0.1) is 6.92 Å². The van der Waals surface area contributed by atoms with Crippen LogP contribution in [-0.4, -0.2) is 21.7 Å². The van der Waals surface area contributed by atoms with Crippen LogP contribution in [0.25, 0.3) is 0 Å². The van der Waals surface area contributed by atoms with Crippen LogP contribution in [0.3, 0.4) is 0 Å². The Morgan fingerprint density at radius 2 is 2.38 bits per heavy atom. The maximum absolute atomic E-state index is 11.5. The third-order valence-corrected chi connectivity index (χ3v) is 1.82. The minimum atomic E-state index is -0.526. The summed E-state index contributed by atoms with van der Waals surface area (Å²) in [4.78, 5) is 11.5. The molecule has 4 N–H and O–H groups in total. The Hall–Kier alpha value is -1.36. The van der Waals surface area contributed by atoms with Crippen molar-refractivity contribution in [2.75, 3.05) is 5.73 Å². The van der Waals surface area contributed by atoms with E-state index in [0.29, 0.717) is 17.9 Å². The van der Waals surface area contributed by atoms with Gasteiger partial charge in [0, 0.05) is 6.07 Å². The van der Waals surface area contributed by atoms with E-state index >= 15 is 0 Å². The second kappa shape index (κ2) is 3.57. The number of hydrogen-bond acceptors (Lipinski definition) is 4. The highest BCUT2D eigenvalue weighted by Gasteiger charge is 2.16. The molecule has 1 aromatic heterocycles. The van der Waals surface area contributed by atoms with E-state index in [2.05, 4.69) is 5.10 Å². The molecule has 0 amide bonds. The zero-order valence-electron chi connectivity index (χ0n) is 7.82. The van der Waals surface area contributed by atoms with Crippen LogP contribution in [0.1, 0.15) is 23.8 Å². The fourth-order valence-electron chi connectivity index (χ4n) is 1.03. The lowest BCUT2D eigenvalue weighted by molar-refractivity contribution is 0.0864. The van der Waals surface area contributed by atoms with Crippen molar-refractivity contribution in [3.63, 3.8) is 0 Å². The van der Waals surface area contributed by atoms with E-state index in [1.165, 1.54) is 0 Å². The lowest BCUT2D eigenvalue weighted by Crippen LogP contribution is -2.35. The zero-order chi connectivity index (χ0) is 10.0. The van der Waals surface area contributed by atoms with Gasteiger partial charge in [0.15, 0.2) is 0 Å². The Morgan fingerprint density at radius 1 is 1.77 bits per heavy atom. The van der Waals surface area contributed by atoms with Gasteiger partial charge in [-0.05, 0) is 13.3 Å². The quantitative estimate of drug-likeness (QED) is 0.681. The smallest absolute Gasteiger partial charge is 0.265 e. The van der Waals surface area contributed by atoms with Crippen molar-refractivity contribution >= 4 is 11.7 Å². The molecular weight excluding hydrogens is 168 g/mol. The molecule has 1 aromatic rings. The second-order valence-electron chi connectivity index (χ2n) is 2.98. The minimum absolute atomic E-state index is 0.256. The number of rotatable bonds is 2. The Balaban J connectivity index is 2.94. The van der Waals surface area contributed by atoms with E-state index in [0.717, 1.165) is 4.68 Å². The van der Waals surface area contributed by atoms with Crippen molar-refractivity contribution in [3.05, 3.63) is 11.8 Å². The van der Waals surface area contributed by atoms with Crippen molar-refractivity contribution in [2.24, 2.45) is 5.73 Å². The van der Waals surface area contributed by atoms with Crippen molar-refractivity contribution < 1.29 is 4.79 Å². The fraction of sp³-hybridized carbons (Fsp3) is 0.500. The highest BCUT2D eigenvalue weighted by atomic mass is 16.2. The fourth-order valence-corrected chi connectivity index (χ4v) is 1.03. The Morgan fingerprint density at radius 3 is 2.77 bits per heavy atom. The van der Waals surface area contributed by atoms with Gasteiger partial charge in [-0.3, -0.25) is 4.79 Å². The van der Waals surface area contributed by atoms with Gasteiger partial charge in [-0.25, -0.2) is 0 Å². The first kappa shape index (κ1) is 9.73. The number of aromatic nitrogens is 2. The summed E-state index contributed by atoms with van der Waals surface area (Å²) in [6.07, 6.45) is 0.581. The third-order valence-electron chi connectivity index (χ3n) is 1.82. The van der Waals surface area contributed by atoms with E-state index < -0.39 is 6.04 Å². The number of nitrogen functional groups attached to an aromatic ring is 1. The van der Waals surface area contributed by atoms with Gasteiger partial charge in [-0.15, -0.1) is 0 Å². The standard InChI is InChI=1S/C8H14N4O/c1-3-6(9)8(13)12-7(10)4-5(2)11-12/h4,6H,3,9-10H2,1-2H3. The molecule has 0 aliphatic heterocycles. The Kier molecular flexibility index (Phi) is 2.67. The number of carbonyl (C=O) groups excluding carboxylic acids is 1. The summed E-state index contributed by atoms with van der Waals surface area (Å²) >= 11 is 0. The molecule has 72 valence electrons. The molecular formula is C8H14N4O. The largest absolute Gasteiger partial charge is 0.383 e. The number of nitrogens with zero attached hydrogens (tertiary/aromatic N) is 2. The monoisotopic (exact) mass is 182 g/mol. The molecule has 1 heterocycles. The van der Waals surface area contributed by atoms with Gasteiger partial charge in [-0.2, -0.15) is 9.78 Å². The maximum atomic E-state index is 11.5. The molecule has 5 nitrogen and oxygen atoms in total. The van der Waals surface area contributed by atoms with Gasteiger partial charge in [-0.1, -0.05) is 6.92 Å². The number of anilines is 1. The molecule has 0 aromatic carbocycles. The average molecular weight is 182 g/mol. The van der Waals surface area contributed by atoms with Crippen molar-refractivity contribution in [1.29, 1.82) is 0 Å². The predicted octanol–water partition coefficient (Wildman–Crippen LogP) is 0.151. The van der Waals surface area contributed by atoms with E-state index in [9.17, 15) is 4.79 Å². The van der Waals surface area contributed by atoms with Crippen LogP contribution in [0.15, 0.2) is 6.07 Å². The maximum Gasteiger partial charge on any atom is 0.265 e. The van der Waals surface area contributed by atoms with Crippen LogP contribution in [0.2, 0.25) is 0 Å². The van der Waals surface area contributed by atoms with E-state index in [4.69, 9.17) is 11.5 Å². The van der Waals surface area contributed by atoms with Crippen molar-refractivity contribution in [3.8, 4) is 0 Å². The minimum Gasteiger partial charge on any atom is -0.383 e. The molecule has 0 saturated carbocycles. The van der Waals surface area contributed by atoms with Crippen LogP contribution in [-0.2, 0) is 0 Å². The van der Waals surface area contributed by atoms with Crippen LogP contribution in [0.5, 0.6) is 0 Å².